The maximum Gasteiger partial charge on any atom is 0.331 e. The quantitative estimate of drug-likeness (QED) is 0.257. The summed E-state index contributed by atoms with van der Waals surface area (Å²) in [5, 5.41) is 10.2. The monoisotopic (exact) mass is 642 g/mol. The fraction of sp³-hybridized carbons (Fsp3) is 0.700. The highest BCUT2D eigenvalue weighted by Gasteiger charge is 2.82. The number of hydrogen-bond acceptors (Lipinski definition) is 6. The molecule has 0 unspecified atom stereocenters. The molecule has 13 atom stereocenters. The van der Waals surface area contributed by atoms with Crippen LogP contribution in [0.1, 0.15) is 104 Å². The van der Waals surface area contributed by atoms with Crippen molar-refractivity contribution in [3.05, 3.63) is 59.6 Å². The van der Waals surface area contributed by atoms with Gasteiger partial charge in [-0.15, -0.1) is 0 Å². The number of cyclic esters (lactones) is 1. The molecule has 3 saturated heterocycles. The summed E-state index contributed by atoms with van der Waals surface area (Å²) >= 11 is 0. The van der Waals surface area contributed by atoms with Crippen molar-refractivity contribution in [3.63, 3.8) is 0 Å². The first-order chi connectivity index (χ1) is 22.3. The van der Waals surface area contributed by atoms with Gasteiger partial charge >= 0.3 is 11.9 Å². The van der Waals surface area contributed by atoms with Crippen molar-refractivity contribution in [3.8, 4) is 0 Å². The molecule has 1 aromatic rings. The molecule has 1 N–H and O–H groups in total. The third kappa shape index (κ3) is 3.46. The van der Waals surface area contributed by atoms with Crippen molar-refractivity contribution in [2.24, 2.45) is 50.7 Å². The lowest BCUT2D eigenvalue weighted by molar-refractivity contribution is -0.181. The number of rotatable bonds is 5. The highest BCUT2D eigenvalue weighted by Crippen LogP contribution is 2.77. The molecule has 7 nitrogen and oxygen atoms in total. The number of carbonyl (C=O) groups is 2. The lowest BCUT2D eigenvalue weighted by atomic mass is 9.38. The third-order valence-electron chi connectivity index (χ3n) is 16.3. The van der Waals surface area contributed by atoms with Crippen LogP contribution in [-0.2, 0) is 23.8 Å². The number of ether oxygens (including phenoxy) is 3. The first-order valence-electron chi connectivity index (χ1n) is 18.2. The molecular weight excluding hydrogens is 592 g/mol. The number of esters is 1. The summed E-state index contributed by atoms with van der Waals surface area (Å²) in [7, 11) is 0. The van der Waals surface area contributed by atoms with Gasteiger partial charge < -0.3 is 23.7 Å². The van der Waals surface area contributed by atoms with E-state index >= 15 is 0 Å². The molecule has 2 bridgehead atoms. The standard InChI is InChI=1S/C40H50O7/c1-23-11-14-36(3)27(33(41)42)7-6-8-30(36)35(23,2)15-12-24-19-28-26-9-10-31-37(4)20-29(25-13-18-44-21-25)47-38(37,5)16-17-39(31)22-45-34(43)40(26,39)32(24)46-28/h7,9-10,13,18-19,21,23,26,28-32H,6,8,11-12,14-17,20,22H2,1-5H3,(H,41,42)/t23-,26-,28+,29+,30-,31-,32-,35+,36+,37-,38-,39+,40-/m1/s1. The topological polar surface area (TPSA) is 95.2 Å². The minimum Gasteiger partial charge on any atom is -0.478 e. The molecule has 252 valence electrons. The van der Waals surface area contributed by atoms with Crippen molar-refractivity contribution in [2.45, 2.75) is 116 Å². The average molecular weight is 643 g/mol. The van der Waals surface area contributed by atoms with Crippen molar-refractivity contribution < 1.29 is 33.3 Å². The largest absolute Gasteiger partial charge is 0.478 e. The van der Waals surface area contributed by atoms with Gasteiger partial charge in [0.2, 0.25) is 0 Å². The number of hydrogen-bond donors (Lipinski definition) is 1. The second-order valence-corrected chi connectivity index (χ2v) is 17.6. The van der Waals surface area contributed by atoms with Gasteiger partial charge in [-0.25, -0.2) is 4.79 Å². The fourth-order valence-corrected chi connectivity index (χ4v) is 13.4. The fourth-order valence-electron chi connectivity index (χ4n) is 13.4. The Morgan fingerprint density at radius 1 is 1.09 bits per heavy atom. The maximum atomic E-state index is 14.4. The van der Waals surface area contributed by atoms with E-state index in [0.717, 1.165) is 63.4 Å². The lowest BCUT2D eigenvalue weighted by Crippen LogP contribution is -2.66. The van der Waals surface area contributed by atoms with E-state index in [4.69, 9.17) is 18.6 Å². The van der Waals surface area contributed by atoms with Gasteiger partial charge in [-0.3, -0.25) is 4.79 Å². The number of carboxylic acid groups (broad SMARTS) is 1. The normalized spacial score (nSPS) is 52.1. The van der Waals surface area contributed by atoms with Gasteiger partial charge in [-0.2, -0.15) is 0 Å². The van der Waals surface area contributed by atoms with Crippen LogP contribution in [-0.4, -0.2) is 41.5 Å². The number of allylic oxidation sites excluding steroid dienone is 2. The van der Waals surface area contributed by atoms with Crippen LogP contribution in [0.2, 0.25) is 0 Å². The molecule has 9 rings (SSSR count). The van der Waals surface area contributed by atoms with E-state index in [1.165, 1.54) is 5.57 Å². The summed E-state index contributed by atoms with van der Waals surface area (Å²) in [4.78, 5) is 26.8. The molecule has 4 aliphatic carbocycles. The summed E-state index contributed by atoms with van der Waals surface area (Å²) < 4.78 is 25.5. The van der Waals surface area contributed by atoms with Gasteiger partial charge in [-0.1, -0.05) is 52.0 Å². The Morgan fingerprint density at radius 2 is 1.91 bits per heavy atom. The Morgan fingerprint density at radius 3 is 2.68 bits per heavy atom. The van der Waals surface area contributed by atoms with E-state index in [1.807, 2.05) is 18.4 Å². The highest BCUT2D eigenvalue weighted by molar-refractivity contribution is 5.88. The van der Waals surface area contributed by atoms with Crippen molar-refractivity contribution in [1.82, 2.24) is 0 Å². The van der Waals surface area contributed by atoms with Crippen LogP contribution < -0.4 is 0 Å². The number of carboxylic acids is 1. The molecule has 2 spiro atoms. The Bertz CT molecular complexity index is 1620. The molecule has 7 heteroatoms. The summed E-state index contributed by atoms with van der Waals surface area (Å²) in [6, 6.07) is 2.02. The second-order valence-electron chi connectivity index (χ2n) is 17.6. The van der Waals surface area contributed by atoms with Gasteiger partial charge in [0.05, 0.1) is 43.0 Å². The van der Waals surface area contributed by atoms with Crippen LogP contribution >= 0.6 is 0 Å². The zero-order valence-electron chi connectivity index (χ0n) is 28.6. The summed E-state index contributed by atoms with van der Waals surface area (Å²) in [6.45, 7) is 12.1. The van der Waals surface area contributed by atoms with E-state index in [0.29, 0.717) is 24.0 Å². The number of aliphatic carboxylic acids is 1. The van der Waals surface area contributed by atoms with Crippen molar-refractivity contribution in [1.29, 1.82) is 0 Å². The van der Waals surface area contributed by atoms with E-state index < -0.39 is 11.4 Å². The molecule has 0 radical (unpaired) electrons. The summed E-state index contributed by atoms with van der Waals surface area (Å²) in [6.07, 6.45) is 20.4. The number of furan rings is 1. The molecule has 0 amide bonds. The summed E-state index contributed by atoms with van der Waals surface area (Å²) in [5.74, 6) is 0.0857. The number of carbonyl (C=O) groups excluding carboxylic acids is 1. The smallest absolute Gasteiger partial charge is 0.331 e. The minimum atomic E-state index is -0.755. The zero-order chi connectivity index (χ0) is 32.8. The van der Waals surface area contributed by atoms with E-state index in [2.05, 4.69) is 52.8 Å². The van der Waals surface area contributed by atoms with E-state index in [9.17, 15) is 14.7 Å². The molecule has 5 fully saturated rings. The Labute approximate surface area is 278 Å². The van der Waals surface area contributed by atoms with Crippen molar-refractivity contribution in [2.75, 3.05) is 6.61 Å². The van der Waals surface area contributed by atoms with Crippen LogP contribution in [0.25, 0.3) is 0 Å². The van der Waals surface area contributed by atoms with Crippen LogP contribution in [0.15, 0.2) is 58.5 Å². The first-order valence-corrected chi connectivity index (χ1v) is 18.2. The van der Waals surface area contributed by atoms with Gasteiger partial charge in [-0.05, 0) is 99.5 Å². The maximum absolute atomic E-state index is 14.4. The predicted octanol–water partition coefficient (Wildman–Crippen LogP) is 7.98. The molecular formula is C40H50O7. The van der Waals surface area contributed by atoms with Gasteiger partial charge in [0, 0.05) is 33.3 Å². The molecule has 5 heterocycles. The van der Waals surface area contributed by atoms with Gasteiger partial charge in [0.1, 0.15) is 5.41 Å². The molecule has 4 aliphatic heterocycles. The average Bonchev–Trinajstić information content (AvgIpc) is 3.86. The van der Waals surface area contributed by atoms with Crippen LogP contribution in [0.5, 0.6) is 0 Å². The molecule has 1 aromatic heterocycles. The first kappa shape index (κ1) is 30.4. The Kier molecular flexibility index (Phi) is 6.17. The van der Waals surface area contributed by atoms with Crippen LogP contribution in [0, 0.1) is 50.7 Å². The van der Waals surface area contributed by atoms with E-state index in [1.54, 1.807) is 6.26 Å². The van der Waals surface area contributed by atoms with Crippen molar-refractivity contribution >= 4 is 11.9 Å². The number of fused-ring (bicyclic) bond motifs is 6. The zero-order valence-corrected chi connectivity index (χ0v) is 28.6. The van der Waals surface area contributed by atoms with E-state index in [-0.39, 0.29) is 63.4 Å². The molecule has 2 saturated carbocycles. The van der Waals surface area contributed by atoms with Gasteiger partial charge in [0.15, 0.2) is 0 Å². The molecule has 0 aromatic carbocycles. The highest BCUT2D eigenvalue weighted by atomic mass is 16.6. The Hall–Kier alpha value is -2.64. The third-order valence-corrected chi connectivity index (χ3v) is 16.3. The predicted molar refractivity (Wildman–Crippen MR) is 174 cm³/mol. The summed E-state index contributed by atoms with van der Waals surface area (Å²) in [5.41, 5.74) is 1.07. The van der Waals surface area contributed by atoms with Crippen LogP contribution in [0.4, 0.5) is 0 Å². The lowest BCUT2D eigenvalue weighted by Gasteiger charge is -2.62. The molecule has 8 aliphatic rings. The molecule has 47 heavy (non-hydrogen) atoms. The van der Waals surface area contributed by atoms with Gasteiger partial charge in [0.25, 0.3) is 0 Å². The Balaban J connectivity index is 1.05. The minimum absolute atomic E-state index is 0.00596. The SMILES string of the molecule is C[C@@H]1CC[C@@]2(C)C(C(=O)O)=CCC[C@@H]2[C@@]1(C)CCC1=C[C@@H]2O[C@H]1[C@]13C(=O)OC[C@]14CC[C@@]1(C)O[C@H](c5ccoc5)C[C@]1(C)[C@H]4C=C[C@H]23. The van der Waals surface area contributed by atoms with Crippen LogP contribution in [0.3, 0.4) is 0 Å². The second kappa shape index (κ2) is 9.53.